The van der Waals surface area contributed by atoms with Crippen LogP contribution in [0.1, 0.15) is 28.9 Å². The summed E-state index contributed by atoms with van der Waals surface area (Å²) in [5, 5.41) is 7.54. The first-order chi connectivity index (χ1) is 18.2. The van der Waals surface area contributed by atoms with Crippen molar-refractivity contribution in [1.29, 1.82) is 5.41 Å². The molecule has 8 nitrogen and oxygen atoms in total. The summed E-state index contributed by atoms with van der Waals surface area (Å²) in [4.78, 5) is 7.43. The van der Waals surface area contributed by atoms with E-state index in [4.69, 9.17) is 16.1 Å². The molecule has 5 rings (SSSR count). The van der Waals surface area contributed by atoms with Crippen molar-refractivity contribution in [3.63, 3.8) is 0 Å². The van der Waals surface area contributed by atoms with E-state index in [0.717, 1.165) is 66.8 Å². The number of benzene rings is 3. The molecule has 38 heavy (non-hydrogen) atoms. The zero-order valence-electron chi connectivity index (χ0n) is 21.8. The lowest BCUT2D eigenvalue weighted by Gasteiger charge is -2.15. The van der Waals surface area contributed by atoms with Gasteiger partial charge in [0.25, 0.3) is 10.0 Å². The number of nitrogens with zero attached hydrogens (tertiary/aromatic N) is 3. The molecule has 4 aromatic rings. The van der Waals surface area contributed by atoms with E-state index in [-0.39, 0.29) is 5.84 Å². The summed E-state index contributed by atoms with van der Waals surface area (Å²) >= 11 is 0. The largest absolute Gasteiger partial charge is 0.384 e. The fourth-order valence-corrected chi connectivity index (χ4v) is 6.59. The predicted octanol–water partition coefficient (Wildman–Crippen LogP) is 3.94. The third kappa shape index (κ3) is 5.58. The van der Waals surface area contributed by atoms with Crippen LogP contribution in [0.5, 0.6) is 0 Å². The van der Waals surface area contributed by atoms with Crippen LogP contribution in [-0.4, -0.2) is 48.8 Å². The van der Waals surface area contributed by atoms with Gasteiger partial charge in [0.2, 0.25) is 0 Å². The summed E-state index contributed by atoms with van der Waals surface area (Å²) in [5.74, 6) is 1.44. The standard InChI is InChI=1S/C29H34N6O2S/c1-34-16-15-21(19-34)17-23-5-3-4-6-27(23)38(36,37)33-24-12-13-26-25(18-24)32-28(35(26)2)14-9-20-7-10-22(11-8-20)29(30)31/h3-8,10-13,18,21,33H,9,14-17,19H2,1-2H3,(H3,30,31). The first kappa shape index (κ1) is 25.9. The summed E-state index contributed by atoms with van der Waals surface area (Å²) in [6, 6.07) is 20.5. The fourth-order valence-electron chi connectivity index (χ4n) is 5.29. The van der Waals surface area contributed by atoms with Gasteiger partial charge in [-0.25, -0.2) is 13.4 Å². The first-order valence-corrected chi connectivity index (χ1v) is 14.4. The molecule has 1 aliphatic heterocycles. The Kier molecular flexibility index (Phi) is 7.23. The van der Waals surface area contributed by atoms with Gasteiger partial charge in [0.15, 0.2) is 0 Å². The van der Waals surface area contributed by atoms with Crippen LogP contribution >= 0.6 is 0 Å². The van der Waals surface area contributed by atoms with Gasteiger partial charge in [0.05, 0.1) is 21.6 Å². The number of aryl methyl sites for hydroxylation is 3. The Morgan fingerprint density at radius 1 is 1.08 bits per heavy atom. The second kappa shape index (κ2) is 10.6. The number of amidine groups is 1. The third-order valence-corrected chi connectivity index (χ3v) is 8.87. The smallest absolute Gasteiger partial charge is 0.262 e. The van der Waals surface area contributed by atoms with E-state index in [1.54, 1.807) is 24.3 Å². The zero-order chi connectivity index (χ0) is 26.9. The third-order valence-electron chi connectivity index (χ3n) is 7.39. The van der Waals surface area contributed by atoms with E-state index in [1.807, 2.05) is 54.1 Å². The van der Waals surface area contributed by atoms with Gasteiger partial charge in [0.1, 0.15) is 11.7 Å². The Hall–Kier alpha value is -3.69. The van der Waals surface area contributed by atoms with Gasteiger partial charge in [-0.1, -0.05) is 42.5 Å². The second-order valence-electron chi connectivity index (χ2n) is 10.2. The number of imidazole rings is 1. The molecule has 1 fully saturated rings. The number of likely N-dealkylation sites (tertiary alicyclic amines) is 1. The normalized spacial score (nSPS) is 16.2. The van der Waals surface area contributed by atoms with Crippen molar-refractivity contribution >= 4 is 32.6 Å². The van der Waals surface area contributed by atoms with Gasteiger partial charge < -0.3 is 15.2 Å². The Bertz CT molecular complexity index is 1580. The van der Waals surface area contributed by atoms with Crippen LogP contribution in [0, 0.1) is 11.3 Å². The van der Waals surface area contributed by atoms with Crippen molar-refractivity contribution in [3.05, 3.63) is 89.2 Å². The zero-order valence-corrected chi connectivity index (χ0v) is 22.6. The average Bonchev–Trinajstić information content (AvgIpc) is 3.44. The van der Waals surface area contributed by atoms with Gasteiger partial charge in [-0.15, -0.1) is 0 Å². The Balaban J connectivity index is 1.32. The van der Waals surface area contributed by atoms with Crippen LogP contribution in [0.25, 0.3) is 11.0 Å². The number of nitrogens with two attached hydrogens (primary N) is 1. The molecule has 0 spiro atoms. The molecule has 4 N–H and O–H groups in total. The summed E-state index contributed by atoms with van der Waals surface area (Å²) in [6.07, 6.45) is 3.36. The van der Waals surface area contributed by atoms with E-state index in [1.165, 1.54) is 0 Å². The lowest BCUT2D eigenvalue weighted by molar-refractivity contribution is 0.394. The fraction of sp³-hybridized carbons (Fsp3) is 0.310. The molecule has 1 aliphatic rings. The van der Waals surface area contributed by atoms with Crippen LogP contribution in [0.3, 0.4) is 0 Å². The number of anilines is 1. The molecule has 1 atom stereocenters. The molecule has 0 bridgehead atoms. The highest BCUT2D eigenvalue weighted by Crippen LogP contribution is 2.27. The van der Waals surface area contributed by atoms with Gasteiger partial charge in [0, 0.05) is 25.6 Å². The highest BCUT2D eigenvalue weighted by molar-refractivity contribution is 7.92. The van der Waals surface area contributed by atoms with E-state index >= 15 is 0 Å². The molecule has 3 aromatic carbocycles. The molecule has 0 aliphatic carbocycles. The Morgan fingerprint density at radius 3 is 2.55 bits per heavy atom. The SMILES string of the molecule is CN1CCC(Cc2ccccc2S(=O)(=O)Nc2ccc3c(c2)nc(CCc2ccc(C(=N)N)cc2)n3C)C1. The molecule has 0 amide bonds. The minimum atomic E-state index is -3.75. The van der Waals surface area contributed by atoms with Crippen LogP contribution in [-0.2, 0) is 36.3 Å². The van der Waals surface area contributed by atoms with Crippen molar-refractivity contribution in [2.45, 2.75) is 30.6 Å². The minimum absolute atomic E-state index is 0.0588. The number of nitrogens with one attached hydrogen (secondary N) is 2. The van der Waals surface area contributed by atoms with E-state index in [9.17, 15) is 8.42 Å². The average molecular weight is 531 g/mol. The van der Waals surface area contributed by atoms with E-state index < -0.39 is 10.0 Å². The molecular weight excluding hydrogens is 496 g/mol. The van der Waals surface area contributed by atoms with Crippen molar-refractivity contribution < 1.29 is 8.42 Å². The van der Waals surface area contributed by atoms with Crippen molar-refractivity contribution in [2.24, 2.45) is 18.7 Å². The molecule has 1 aromatic heterocycles. The first-order valence-electron chi connectivity index (χ1n) is 12.9. The molecule has 0 saturated carbocycles. The maximum Gasteiger partial charge on any atom is 0.262 e. The second-order valence-corrected chi connectivity index (χ2v) is 11.9. The van der Waals surface area contributed by atoms with E-state index in [0.29, 0.717) is 22.1 Å². The summed E-state index contributed by atoms with van der Waals surface area (Å²) in [5.41, 5.74) is 10.4. The molecule has 9 heteroatoms. The quantitative estimate of drug-likeness (QED) is 0.224. The number of nitrogen functional groups attached to an aromatic ring is 1. The van der Waals surface area contributed by atoms with Gasteiger partial charge in [-0.3, -0.25) is 10.1 Å². The van der Waals surface area contributed by atoms with Crippen LogP contribution in [0.2, 0.25) is 0 Å². The number of hydrogen-bond donors (Lipinski definition) is 3. The molecule has 1 unspecified atom stereocenters. The van der Waals surface area contributed by atoms with Crippen molar-refractivity contribution in [2.75, 3.05) is 24.9 Å². The monoisotopic (exact) mass is 530 g/mol. The van der Waals surface area contributed by atoms with Crippen molar-refractivity contribution in [3.8, 4) is 0 Å². The van der Waals surface area contributed by atoms with Crippen LogP contribution < -0.4 is 10.5 Å². The Morgan fingerprint density at radius 2 is 1.84 bits per heavy atom. The lowest BCUT2D eigenvalue weighted by Crippen LogP contribution is -2.18. The predicted molar refractivity (Wildman–Crippen MR) is 152 cm³/mol. The minimum Gasteiger partial charge on any atom is -0.384 e. The van der Waals surface area contributed by atoms with Gasteiger partial charge >= 0.3 is 0 Å². The van der Waals surface area contributed by atoms with Crippen LogP contribution in [0.15, 0.2) is 71.6 Å². The van der Waals surface area contributed by atoms with E-state index in [2.05, 4.69) is 16.7 Å². The number of rotatable bonds is 9. The number of fused-ring (bicyclic) bond motifs is 1. The highest BCUT2D eigenvalue weighted by Gasteiger charge is 2.24. The summed E-state index contributed by atoms with van der Waals surface area (Å²) in [7, 11) is 0.334. The Labute approximate surface area is 224 Å². The molecule has 2 heterocycles. The molecule has 1 saturated heterocycles. The maximum absolute atomic E-state index is 13.4. The lowest BCUT2D eigenvalue weighted by atomic mass is 9.99. The molecule has 0 radical (unpaired) electrons. The summed E-state index contributed by atoms with van der Waals surface area (Å²) in [6.45, 7) is 2.04. The number of aromatic nitrogens is 2. The van der Waals surface area contributed by atoms with Crippen molar-refractivity contribution in [1.82, 2.24) is 14.5 Å². The topological polar surface area (TPSA) is 117 Å². The molecular formula is C29H34N6O2S. The van der Waals surface area contributed by atoms with Gasteiger partial charge in [-0.2, -0.15) is 0 Å². The molecule has 198 valence electrons. The number of sulfonamides is 1. The number of hydrogen-bond acceptors (Lipinski definition) is 5. The maximum atomic E-state index is 13.4. The highest BCUT2D eigenvalue weighted by atomic mass is 32.2. The van der Waals surface area contributed by atoms with Crippen LogP contribution in [0.4, 0.5) is 5.69 Å². The van der Waals surface area contributed by atoms with Gasteiger partial charge in [-0.05, 0) is 74.2 Å². The summed E-state index contributed by atoms with van der Waals surface area (Å²) < 4.78 is 31.7.